The number of esters is 1. The molecule has 1 aromatic rings. The van der Waals surface area contributed by atoms with Crippen molar-refractivity contribution in [3.63, 3.8) is 0 Å². The second kappa shape index (κ2) is 7.29. The molecule has 0 aliphatic carbocycles. The summed E-state index contributed by atoms with van der Waals surface area (Å²) in [5.41, 5.74) is 7.37. The molecule has 0 fully saturated rings. The third-order valence-electron chi connectivity index (χ3n) is 3.54. The second-order valence-corrected chi connectivity index (χ2v) is 4.98. The van der Waals surface area contributed by atoms with Gasteiger partial charge in [-0.15, -0.1) is 0 Å². The molecule has 1 aromatic carbocycles. The van der Waals surface area contributed by atoms with Crippen LogP contribution in [0.15, 0.2) is 24.3 Å². The number of carbonyl (C=O) groups excluding carboxylic acids is 1. The Balaban J connectivity index is 3.18. The Morgan fingerprint density at radius 2 is 2.11 bits per heavy atom. The average Bonchev–Trinajstić information content (AvgIpc) is 2.40. The molecule has 19 heavy (non-hydrogen) atoms. The van der Waals surface area contributed by atoms with Gasteiger partial charge in [0.05, 0.1) is 6.61 Å². The lowest BCUT2D eigenvalue weighted by atomic mass is 9.76. The maximum atomic E-state index is 12.4. The fraction of sp³-hybridized carbons (Fsp3) is 0.562. The van der Waals surface area contributed by atoms with Crippen molar-refractivity contribution >= 4 is 5.97 Å². The zero-order valence-corrected chi connectivity index (χ0v) is 12.2. The summed E-state index contributed by atoms with van der Waals surface area (Å²) in [4.78, 5) is 12.4. The van der Waals surface area contributed by atoms with E-state index in [0.717, 1.165) is 30.4 Å². The predicted octanol–water partition coefficient (Wildman–Crippen LogP) is 2.94. The van der Waals surface area contributed by atoms with Gasteiger partial charge >= 0.3 is 5.97 Å². The first-order valence-corrected chi connectivity index (χ1v) is 7.05. The van der Waals surface area contributed by atoms with Crippen molar-refractivity contribution in [1.82, 2.24) is 0 Å². The minimum atomic E-state index is -0.696. The number of hydrogen-bond acceptors (Lipinski definition) is 3. The Kier molecular flexibility index (Phi) is 6.03. The summed E-state index contributed by atoms with van der Waals surface area (Å²) < 4.78 is 5.27. The number of carbonyl (C=O) groups is 1. The fourth-order valence-electron chi connectivity index (χ4n) is 2.36. The topological polar surface area (TPSA) is 52.3 Å². The molecule has 106 valence electrons. The number of hydrogen-bond donors (Lipinski definition) is 1. The van der Waals surface area contributed by atoms with E-state index in [-0.39, 0.29) is 12.5 Å². The number of benzene rings is 1. The number of ether oxygens (including phenoxy) is 1. The van der Waals surface area contributed by atoms with Gasteiger partial charge < -0.3 is 10.5 Å². The minimum absolute atomic E-state index is 0.198. The van der Waals surface area contributed by atoms with Crippen LogP contribution in [0.3, 0.4) is 0 Å². The van der Waals surface area contributed by atoms with E-state index in [2.05, 4.69) is 6.92 Å². The number of nitrogens with two attached hydrogens (primary N) is 1. The third-order valence-corrected chi connectivity index (χ3v) is 3.54. The van der Waals surface area contributed by atoms with Crippen LogP contribution in [-0.2, 0) is 14.9 Å². The Labute approximate surface area is 116 Å². The summed E-state index contributed by atoms with van der Waals surface area (Å²) in [5, 5.41) is 0. The van der Waals surface area contributed by atoms with Crippen molar-refractivity contribution in [2.24, 2.45) is 5.73 Å². The summed E-state index contributed by atoms with van der Waals surface area (Å²) >= 11 is 0. The van der Waals surface area contributed by atoms with E-state index in [0.29, 0.717) is 6.61 Å². The Hall–Kier alpha value is -1.35. The summed E-state index contributed by atoms with van der Waals surface area (Å²) in [6, 6.07) is 8.02. The molecule has 0 bridgehead atoms. The first-order valence-electron chi connectivity index (χ1n) is 7.05. The number of rotatable bonds is 7. The lowest BCUT2D eigenvalue weighted by Crippen LogP contribution is -2.44. The van der Waals surface area contributed by atoms with E-state index in [4.69, 9.17) is 10.5 Å². The van der Waals surface area contributed by atoms with Crippen molar-refractivity contribution in [1.29, 1.82) is 0 Å². The van der Waals surface area contributed by atoms with E-state index < -0.39 is 5.41 Å². The van der Waals surface area contributed by atoms with E-state index >= 15 is 0 Å². The van der Waals surface area contributed by atoms with Gasteiger partial charge in [-0.1, -0.05) is 49.6 Å². The van der Waals surface area contributed by atoms with Gasteiger partial charge in [0.15, 0.2) is 0 Å². The zero-order valence-electron chi connectivity index (χ0n) is 12.2. The minimum Gasteiger partial charge on any atom is -0.465 e. The molecule has 0 saturated heterocycles. The van der Waals surface area contributed by atoms with Crippen LogP contribution < -0.4 is 5.73 Å². The molecule has 0 heterocycles. The standard InChI is InChI=1S/C16H25NO2/c1-4-6-10-16(12-17,15(18)19-5-2)14-9-7-8-13(3)11-14/h7-9,11H,4-6,10,12,17H2,1-3H3. The number of unbranched alkanes of at least 4 members (excludes halogenated alkanes) is 1. The molecule has 0 aliphatic rings. The fourth-order valence-corrected chi connectivity index (χ4v) is 2.36. The molecule has 0 spiro atoms. The highest BCUT2D eigenvalue weighted by atomic mass is 16.5. The van der Waals surface area contributed by atoms with Crippen LogP contribution in [-0.4, -0.2) is 19.1 Å². The monoisotopic (exact) mass is 263 g/mol. The molecule has 1 rings (SSSR count). The van der Waals surface area contributed by atoms with Crippen LogP contribution in [0.25, 0.3) is 0 Å². The van der Waals surface area contributed by atoms with E-state index in [1.54, 1.807) is 0 Å². The summed E-state index contributed by atoms with van der Waals surface area (Å²) in [6.45, 7) is 6.64. The zero-order chi connectivity index (χ0) is 14.3. The van der Waals surface area contributed by atoms with Gasteiger partial charge in [-0.05, 0) is 25.8 Å². The highest BCUT2D eigenvalue weighted by Crippen LogP contribution is 2.31. The Morgan fingerprint density at radius 1 is 1.37 bits per heavy atom. The van der Waals surface area contributed by atoms with E-state index in [9.17, 15) is 4.79 Å². The Bertz CT molecular complexity index is 417. The van der Waals surface area contributed by atoms with Crippen LogP contribution >= 0.6 is 0 Å². The summed E-state index contributed by atoms with van der Waals surface area (Å²) in [6.07, 6.45) is 2.74. The summed E-state index contributed by atoms with van der Waals surface area (Å²) in [5.74, 6) is -0.198. The molecule has 1 atom stereocenters. The van der Waals surface area contributed by atoms with Crippen LogP contribution in [0.1, 0.15) is 44.2 Å². The Morgan fingerprint density at radius 3 is 2.63 bits per heavy atom. The molecule has 0 aliphatic heterocycles. The third kappa shape index (κ3) is 3.57. The van der Waals surface area contributed by atoms with Gasteiger partial charge in [0, 0.05) is 6.54 Å². The molecule has 2 N–H and O–H groups in total. The number of aryl methyl sites for hydroxylation is 1. The van der Waals surface area contributed by atoms with Crippen molar-refractivity contribution in [3.8, 4) is 0 Å². The van der Waals surface area contributed by atoms with Gasteiger partial charge in [0.2, 0.25) is 0 Å². The van der Waals surface area contributed by atoms with Crippen molar-refractivity contribution in [2.75, 3.05) is 13.2 Å². The van der Waals surface area contributed by atoms with Gasteiger partial charge in [-0.3, -0.25) is 4.79 Å². The molecule has 3 heteroatoms. The maximum absolute atomic E-state index is 12.4. The van der Waals surface area contributed by atoms with Crippen molar-refractivity contribution < 1.29 is 9.53 Å². The maximum Gasteiger partial charge on any atom is 0.317 e. The molecule has 0 amide bonds. The molecule has 3 nitrogen and oxygen atoms in total. The van der Waals surface area contributed by atoms with Crippen LogP contribution in [0.5, 0.6) is 0 Å². The smallest absolute Gasteiger partial charge is 0.317 e. The normalized spacial score (nSPS) is 13.9. The lowest BCUT2D eigenvalue weighted by molar-refractivity contribution is -0.150. The van der Waals surface area contributed by atoms with Crippen molar-refractivity contribution in [3.05, 3.63) is 35.4 Å². The van der Waals surface area contributed by atoms with Gasteiger partial charge in [-0.2, -0.15) is 0 Å². The molecular formula is C16H25NO2. The van der Waals surface area contributed by atoms with Crippen LogP contribution in [0, 0.1) is 6.92 Å². The predicted molar refractivity (Wildman–Crippen MR) is 78.1 cm³/mol. The van der Waals surface area contributed by atoms with E-state index in [1.165, 1.54) is 0 Å². The second-order valence-electron chi connectivity index (χ2n) is 4.98. The highest BCUT2D eigenvalue weighted by molar-refractivity contribution is 5.83. The molecule has 0 radical (unpaired) electrons. The molecule has 1 unspecified atom stereocenters. The SMILES string of the molecule is CCCCC(CN)(C(=O)OCC)c1cccc(C)c1. The van der Waals surface area contributed by atoms with Gasteiger partial charge in [0.25, 0.3) is 0 Å². The van der Waals surface area contributed by atoms with Gasteiger partial charge in [-0.25, -0.2) is 0 Å². The lowest BCUT2D eigenvalue weighted by Gasteiger charge is -2.31. The van der Waals surface area contributed by atoms with Crippen LogP contribution in [0.2, 0.25) is 0 Å². The highest BCUT2D eigenvalue weighted by Gasteiger charge is 2.39. The first-order chi connectivity index (χ1) is 9.10. The summed E-state index contributed by atoms with van der Waals surface area (Å²) in [7, 11) is 0. The average molecular weight is 263 g/mol. The largest absolute Gasteiger partial charge is 0.465 e. The first kappa shape index (κ1) is 15.7. The molecule has 0 aromatic heterocycles. The van der Waals surface area contributed by atoms with Gasteiger partial charge in [0.1, 0.15) is 5.41 Å². The van der Waals surface area contributed by atoms with E-state index in [1.807, 2.05) is 38.1 Å². The molecule has 0 saturated carbocycles. The quantitative estimate of drug-likeness (QED) is 0.769. The van der Waals surface area contributed by atoms with Crippen molar-refractivity contribution in [2.45, 2.75) is 45.4 Å². The molecular weight excluding hydrogens is 238 g/mol. The van der Waals surface area contributed by atoms with Crippen LogP contribution in [0.4, 0.5) is 0 Å².